The number of aromatic nitrogens is 3. The Bertz CT molecular complexity index is 1280. The van der Waals surface area contributed by atoms with Crippen molar-refractivity contribution < 1.29 is 14.4 Å². The van der Waals surface area contributed by atoms with Gasteiger partial charge in [0.2, 0.25) is 0 Å². The van der Waals surface area contributed by atoms with Crippen LogP contribution in [-0.2, 0) is 0 Å². The molecule has 8 heteroatoms. The maximum atomic E-state index is 12.7. The van der Waals surface area contributed by atoms with Crippen LogP contribution in [-0.4, -0.2) is 32.3 Å². The fourth-order valence-corrected chi connectivity index (χ4v) is 3.42. The second kappa shape index (κ2) is 7.34. The summed E-state index contributed by atoms with van der Waals surface area (Å²) in [5, 5.41) is 2.78. The molecule has 0 unspecified atom stereocenters. The molecular weight excluding hydrogens is 394 g/mol. The van der Waals surface area contributed by atoms with Crippen LogP contribution in [0.4, 0.5) is 11.4 Å². The number of carbonyl (C=O) groups is 3. The van der Waals surface area contributed by atoms with Crippen LogP contribution >= 0.6 is 0 Å². The number of fused-ring (bicyclic) bond motifs is 1. The van der Waals surface area contributed by atoms with Gasteiger partial charge in [0, 0.05) is 24.3 Å². The van der Waals surface area contributed by atoms with Crippen molar-refractivity contribution in [3.8, 4) is 5.82 Å². The Morgan fingerprint density at radius 2 is 1.68 bits per heavy atom. The molecule has 1 aliphatic rings. The topological polar surface area (TPSA) is 97.2 Å². The zero-order valence-corrected chi connectivity index (χ0v) is 16.1. The molecule has 150 valence electrons. The lowest BCUT2D eigenvalue weighted by Crippen LogP contribution is -2.29. The highest BCUT2D eigenvalue weighted by molar-refractivity contribution is 6.34. The molecule has 31 heavy (non-hydrogen) atoms. The fraction of sp³-hybridized carbons (Fsp3) is 0. The van der Waals surface area contributed by atoms with E-state index in [9.17, 15) is 14.4 Å². The van der Waals surface area contributed by atoms with Gasteiger partial charge in [0.1, 0.15) is 12.1 Å². The monoisotopic (exact) mass is 409 g/mol. The van der Waals surface area contributed by atoms with E-state index in [2.05, 4.69) is 15.3 Å². The first-order chi connectivity index (χ1) is 15.1. The normalized spacial score (nSPS) is 12.7. The first-order valence-electron chi connectivity index (χ1n) is 9.45. The Hall–Kier alpha value is -4.59. The smallest absolute Gasteiger partial charge is 0.266 e. The number of carbonyl (C=O) groups excluding carboxylic acids is 3. The van der Waals surface area contributed by atoms with E-state index in [-0.39, 0.29) is 17.7 Å². The number of amides is 3. The minimum absolute atomic E-state index is 0.357. The van der Waals surface area contributed by atoms with Crippen molar-refractivity contribution in [1.82, 2.24) is 14.5 Å². The lowest BCUT2D eigenvalue weighted by Gasteiger charge is -2.15. The summed E-state index contributed by atoms with van der Waals surface area (Å²) in [5.74, 6) is -0.488. The maximum absolute atomic E-state index is 12.7. The van der Waals surface area contributed by atoms with Crippen LogP contribution in [0.3, 0.4) is 0 Å². The quantitative estimate of drug-likeness (QED) is 0.522. The molecule has 1 aliphatic heterocycles. The molecule has 0 spiro atoms. The second-order valence-electron chi connectivity index (χ2n) is 6.87. The number of hydrogen-bond acceptors (Lipinski definition) is 5. The highest BCUT2D eigenvalue weighted by Gasteiger charge is 2.36. The van der Waals surface area contributed by atoms with Crippen molar-refractivity contribution >= 4 is 29.1 Å². The van der Waals surface area contributed by atoms with Gasteiger partial charge in [-0.15, -0.1) is 0 Å². The standard InChI is InChI=1S/C23H15N5O3/c29-21(15-8-9-20(25-13-15)27-11-10-24-14-27)26-16-4-3-5-17(12-16)28-22(30)18-6-1-2-7-19(18)23(28)31/h1-14H,(H,26,29). The molecule has 2 aromatic carbocycles. The zero-order valence-electron chi connectivity index (χ0n) is 16.1. The maximum Gasteiger partial charge on any atom is 0.266 e. The van der Waals surface area contributed by atoms with E-state index in [1.165, 1.54) is 6.20 Å². The van der Waals surface area contributed by atoms with Gasteiger partial charge in [-0.05, 0) is 42.5 Å². The Morgan fingerprint density at radius 1 is 0.903 bits per heavy atom. The molecule has 4 aromatic rings. The predicted octanol–water partition coefficient (Wildman–Crippen LogP) is 3.32. The van der Waals surface area contributed by atoms with Crippen LogP contribution in [0, 0.1) is 0 Å². The molecule has 3 amide bonds. The third kappa shape index (κ3) is 3.25. The van der Waals surface area contributed by atoms with E-state index < -0.39 is 0 Å². The highest BCUT2D eigenvalue weighted by atomic mass is 16.2. The van der Waals surface area contributed by atoms with Crippen molar-refractivity contribution in [2.45, 2.75) is 0 Å². The van der Waals surface area contributed by atoms with Crippen LogP contribution in [0.5, 0.6) is 0 Å². The Morgan fingerprint density at radius 3 is 2.32 bits per heavy atom. The summed E-state index contributed by atoms with van der Waals surface area (Å²) in [4.78, 5) is 47.4. The molecular formula is C23H15N5O3. The van der Waals surface area contributed by atoms with Gasteiger partial charge in [0.05, 0.1) is 22.4 Å². The number of imidazole rings is 1. The van der Waals surface area contributed by atoms with Crippen molar-refractivity contribution in [3.63, 3.8) is 0 Å². The zero-order chi connectivity index (χ0) is 21.4. The average Bonchev–Trinajstić information content (AvgIpc) is 3.42. The van der Waals surface area contributed by atoms with Gasteiger partial charge in [-0.25, -0.2) is 14.9 Å². The number of rotatable bonds is 4. The molecule has 8 nitrogen and oxygen atoms in total. The van der Waals surface area contributed by atoms with Gasteiger partial charge >= 0.3 is 0 Å². The molecule has 2 aromatic heterocycles. The lowest BCUT2D eigenvalue weighted by atomic mass is 10.1. The van der Waals surface area contributed by atoms with Gasteiger partial charge in [0.15, 0.2) is 0 Å². The molecule has 1 N–H and O–H groups in total. The summed E-state index contributed by atoms with van der Waals surface area (Å²) in [6.45, 7) is 0. The number of benzene rings is 2. The van der Waals surface area contributed by atoms with E-state index in [0.717, 1.165) is 4.90 Å². The Kier molecular flexibility index (Phi) is 4.37. The summed E-state index contributed by atoms with van der Waals surface area (Å²) in [7, 11) is 0. The van der Waals surface area contributed by atoms with E-state index in [0.29, 0.717) is 33.9 Å². The van der Waals surface area contributed by atoms with Crippen LogP contribution in [0.1, 0.15) is 31.1 Å². The van der Waals surface area contributed by atoms with Gasteiger partial charge in [0.25, 0.3) is 17.7 Å². The Balaban J connectivity index is 1.36. The van der Waals surface area contributed by atoms with Crippen LogP contribution in [0.2, 0.25) is 0 Å². The molecule has 0 fully saturated rings. The van der Waals surface area contributed by atoms with Crippen molar-refractivity contribution in [2.24, 2.45) is 0 Å². The molecule has 0 saturated carbocycles. The van der Waals surface area contributed by atoms with Gasteiger partial charge in [-0.1, -0.05) is 18.2 Å². The van der Waals surface area contributed by atoms with E-state index >= 15 is 0 Å². The first-order valence-corrected chi connectivity index (χ1v) is 9.45. The van der Waals surface area contributed by atoms with E-state index in [1.54, 1.807) is 84.0 Å². The van der Waals surface area contributed by atoms with Crippen molar-refractivity contribution in [2.75, 3.05) is 10.2 Å². The summed E-state index contributed by atoms with van der Waals surface area (Å²) < 4.78 is 1.73. The molecule has 3 heterocycles. The van der Waals surface area contributed by atoms with Crippen molar-refractivity contribution in [3.05, 3.63) is 102 Å². The number of pyridine rings is 1. The molecule has 0 aliphatic carbocycles. The number of hydrogen-bond donors (Lipinski definition) is 1. The van der Waals surface area contributed by atoms with Crippen molar-refractivity contribution in [1.29, 1.82) is 0 Å². The molecule has 0 radical (unpaired) electrons. The summed E-state index contributed by atoms with van der Waals surface area (Å²) in [5.41, 5.74) is 1.95. The number of nitrogens with zero attached hydrogens (tertiary/aromatic N) is 4. The minimum atomic E-state index is -0.386. The van der Waals surface area contributed by atoms with Gasteiger partial charge in [-0.3, -0.25) is 19.0 Å². The highest BCUT2D eigenvalue weighted by Crippen LogP contribution is 2.29. The average molecular weight is 409 g/mol. The van der Waals surface area contributed by atoms with E-state index in [1.807, 2.05) is 0 Å². The number of nitrogens with one attached hydrogen (secondary N) is 1. The molecule has 0 saturated heterocycles. The molecule has 0 bridgehead atoms. The van der Waals surface area contributed by atoms with Crippen LogP contribution in [0.15, 0.2) is 85.6 Å². The summed E-state index contributed by atoms with van der Waals surface area (Å²) >= 11 is 0. The fourth-order valence-electron chi connectivity index (χ4n) is 3.42. The largest absolute Gasteiger partial charge is 0.322 e. The van der Waals surface area contributed by atoms with Crippen LogP contribution in [0.25, 0.3) is 5.82 Å². The summed E-state index contributed by atoms with van der Waals surface area (Å²) in [6.07, 6.45) is 6.49. The van der Waals surface area contributed by atoms with E-state index in [4.69, 9.17) is 0 Å². The number of imide groups is 1. The van der Waals surface area contributed by atoms with Gasteiger partial charge < -0.3 is 5.32 Å². The van der Waals surface area contributed by atoms with Crippen LogP contribution < -0.4 is 10.2 Å². The third-order valence-electron chi connectivity index (χ3n) is 4.94. The Labute approximate surface area is 176 Å². The summed E-state index contributed by atoms with van der Waals surface area (Å²) in [6, 6.07) is 16.7. The first kappa shape index (κ1) is 18.4. The predicted molar refractivity (Wildman–Crippen MR) is 113 cm³/mol. The molecule has 0 atom stereocenters. The lowest BCUT2D eigenvalue weighted by molar-refractivity contribution is 0.0925. The third-order valence-corrected chi connectivity index (χ3v) is 4.94. The SMILES string of the molecule is O=C(Nc1cccc(N2C(=O)c3ccccc3C2=O)c1)c1ccc(-n2ccnc2)nc1. The minimum Gasteiger partial charge on any atom is -0.322 e. The van der Waals surface area contributed by atoms with Gasteiger partial charge in [-0.2, -0.15) is 0 Å². The second-order valence-corrected chi connectivity index (χ2v) is 6.87. The number of anilines is 2. The molecule has 5 rings (SSSR count).